The van der Waals surface area contributed by atoms with Gasteiger partial charge in [0.1, 0.15) is 0 Å². The second-order valence-corrected chi connectivity index (χ2v) is 4.40. The molecular weight excluding hydrogens is 218 g/mol. The molecule has 0 bridgehead atoms. The molecule has 1 saturated heterocycles. The molecule has 2 heterocycles. The van der Waals surface area contributed by atoms with E-state index < -0.39 is 0 Å². The molecule has 1 fully saturated rings. The lowest BCUT2D eigenvalue weighted by atomic mass is 10.1. The molecule has 0 aromatic carbocycles. The number of rotatable bonds is 2. The van der Waals surface area contributed by atoms with Crippen LogP contribution < -0.4 is 16.0 Å². The molecule has 0 spiro atoms. The number of nitrogens with two attached hydrogens (primary N) is 1. The van der Waals surface area contributed by atoms with E-state index in [1.54, 1.807) is 13.1 Å². The van der Waals surface area contributed by atoms with Gasteiger partial charge in [-0.15, -0.1) is 10.2 Å². The van der Waals surface area contributed by atoms with Gasteiger partial charge < -0.3 is 16.0 Å². The lowest BCUT2D eigenvalue weighted by Crippen LogP contribution is -2.29. The topological polar surface area (TPSA) is 84.1 Å². The summed E-state index contributed by atoms with van der Waals surface area (Å²) in [5.41, 5.74) is 6.28. The van der Waals surface area contributed by atoms with Gasteiger partial charge in [0.2, 0.25) is 0 Å². The molecular formula is C11H17N5O. The van der Waals surface area contributed by atoms with E-state index in [4.69, 9.17) is 5.73 Å². The molecule has 2 rings (SSSR count). The van der Waals surface area contributed by atoms with Crippen LogP contribution in [0.1, 0.15) is 17.4 Å². The van der Waals surface area contributed by atoms with Crippen molar-refractivity contribution in [2.45, 2.75) is 13.0 Å². The number of aromatic nitrogens is 2. The second-order valence-electron chi connectivity index (χ2n) is 4.40. The van der Waals surface area contributed by atoms with Gasteiger partial charge in [-0.2, -0.15) is 0 Å². The number of carbonyl (C=O) groups is 1. The Balaban J connectivity index is 2.11. The predicted molar refractivity (Wildman–Crippen MR) is 64.8 cm³/mol. The SMILES string of the molecule is CNC(=O)c1ccc(N2CC(C)C(N)C2)nn1. The van der Waals surface area contributed by atoms with Gasteiger partial charge in [0.15, 0.2) is 11.5 Å². The van der Waals surface area contributed by atoms with Crippen molar-refractivity contribution in [2.75, 3.05) is 25.0 Å². The molecule has 1 aromatic heterocycles. The van der Waals surface area contributed by atoms with Crippen LogP contribution in [-0.4, -0.2) is 42.3 Å². The van der Waals surface area contributed by atoms with Crippen molar-refractivity contribution in [1.29, 1.82) is 0 Å². The van der Waals surface area contributed by atoms with Crippen LogP contribution in [0.2, 0.25) is 0 Å². The van der Waals surface area contributed by atoms with E-state index in [-0.39, 0.29) is 11.9 Å². The molecule has 0 aliphatic carbocycles. The maximum atomic E-state index is 11.3. The van der Waals surface area contributed by atoms with Crippen LogP contribution in [0.3, 0.4) is 0 Å². The van der Waals surface area contributed by atoms with Crippen molar-refractivity contribution in [3.63, 3.8) is 0 Å². The van der Waals surface area contributed by atoms with E-state index in [1.807, 2.05) is 6.07 Å². The molecule has 3 N–H and O–H groups in total. The van der Waals surface area contributed by atoms with Crippen molar-refractivity contribution < 1.29 is 4.79 Å². The first-order valence-electron chi connectivity index (χ1n) is 5.68. The molecule has 1 aliphatic heterocycles. The molecule has 0 saturated carbocycles. The number of hydrogen-bond donors (Lipinski definition) is 2. The van der Waals surface area contributed by atoms with Crippen molar-refractivity contribution in [3.8, 4) is 0 Å². The molecule has 6 heteroatoms. The van der Waals surface area contributed by atoms with Gasteiger partial charge in [-0.25, -0.2) is 0 Å². The normalized spacial score (nSPS) is 23.8. The summed E-state index contributed by atoms with van der Waals surface area (Å²) in [7, 11) is 1.57. The van der Waals surface area contributed by atoms with Crippen LogP contribution in [0.15, 0.2) is 12.1 Å². The first kappa shape index (κ1) is 11.8. The summed E-state index contributed by atoms with van der Waals surface area (Å²) in [5.74, 6) is 1.00. The van der Waals surface area contributed by atoms with E-state index in [9.17, 15) is 4.79 Å². The zero-order valence-corrected chi connectivity index (χ0v) is 10.1. The minimum atomic E-state index is -0.226. The summed E-state index contributed by atoms with van der Waals surface area (Å²) in [6.45, 7) is 3.79. The Labute approximate surface area is 100 Å². The first-order valence-corrected chi connectivity index (χ1v) is 5.68. The summed E-state index contributed by atoms with van der Waals surface area (Å²) < 4.78 is 0. The van der Waals surface area contributed by atoms with Gasteiger partial charge in [0, 0.05) is 26.2 Å². The first-order chi connectivity index (χ1) is 8.11. The average molecular weight is 235 g/mol. The Hall–Kier alpha value is -1.69. The van der Waals surface area contributed by atoms with Crippen LogP contribution in [0, 0.1) is 5.92 Å². The number of nitrogens with one attached hydrogen (secondary N) is 1. The minimum absolute atomic E-state index is 0.176. The fourth-order valence-electron chi connectivity index (χ4n) is 1.92. The maximum Gasteiger partial charge on any atom is 0.271 e. The van der Waals surface area contributed by atoms with Crippen molar-refractivity contribution in [3.05, 3.63) is 17.8 Å². The van der Waals surface area contributed by atoms with Crippen molar-refractivity contribution in [2.24, 2.45) is 11.7 Å². The average Bonchev–Trinajstić information content (AvgIpc) is 2.69. The molecule has 1 aliphatic rings. The van der Waals surface area contributed by atoms with Crippen LogP contribution in [0.4, 0.5) is 5.82 Å². The maximum absolute atomic E-state index is 11.3. The molecule has 6 nitrogen and oxygen atoms in total. The highest BCUT2D eigenvalue weighted by Crippen LogP contribution is 2.20. The summed E-state index contributed by atoms with van der Waals surface area (Å²) in [4.78, 5) is 13.4. The lowest BCUT2D eigenvalue weighted by molar-refractivity contribution is 0.0957. The van der Waals surface area contributed by atoms with Gasteiger partial charge in [-0.3, -0.25) is 4.79 Å². The zero-order chi connectivity index (χ0) is 12.4. The lowest BCUT2D eigenvalue weighted by Gasteiger charge is -2.15. The van der Waals surface area contributed by atoms with Crippen LogP contribution in [-0.2, 0) is 0 Å². The summed E-state index contributed by atoms with van der Waals surface area (Å²) >= 11 is 0. The van der Waals surface area contributed by atoms with Gasteiger partial charge in [-0.05, 0) is 18.1 Å². The van der Waals surface area contributed by atoms with E-state index in [1.165, 1.54) is 0 Å². The van der Waals surface area contributed by atoms with E-state index in [0.717, 1.165) is 18.9 Å². The number of nitrogens with zero attached hydrogens (tertiary/aromatic N) is 3. The highest BCUT2D eigenvalue weighted by atomic mass is 16.1. The van der Waals surface area contributed by atoms with Crippen molar-refractivity contribution in [1.82, 2.24) is 15.5 Å². The molecule has 0 radical (unpaired) electrons. The molecule has 92 valence electrons. The number of hydrogen-bond acceptors (Lipinski definition) is 5. The van der Waals surface area contributed by atoms with Crippen molar-refractivity contribution >= 4 is 11.7 Å². The largest absolute Gasteiger partial charge is 0.354 e. The number of anilines is 1. The van der Waals surface area contributed by atoms with Gasteiger partial charge >= 0.3 is 0 Å². The summed E-state index contributed by atoms with van der Waals surface area (Å²) in [6, 6.07) is 3.66. The van der Waals surface area contributed by atoms with Gasteiger partial charge in [0.25, 0.3) is 5.91 Å². The number of amides is 1. The summed E-state index contributed by atoms with van der Waals surface area (Å²) in [6.07, 6.45) is 0. The molecule has 1 amide bonds. The van der Waals surface area contributed by atoms with Crippen LogP contribution in [0.5, 0.6) is 0 Å². The monoisotopic (exact) mass is 235 g/mol. The third-order valence-electron chi connectivity index (χ3n) is 3.10. The Bertz CT molecular complexity index is 395. The highest BCUT2D eigenvalue weighted by Gasteiger charge is 2.27. The van der Waals surface area contributed by atoms with Gasteiger partial charge in [-0.1, -0.05) is 6.92 Å². The van der Waals surface area contributed by atoms with Crippen LogP contribution in [0.25, 0.3) is 0 Å². The van der Waals surface area contributed by atoms with Gasteiger partial charge in [0.05, 0.1) is 0 Å². The predicted octanol–water partition coefficient (Wildman–Crippen LogP) is -0.380. The summed E-state index contributed by atoms with van der Waals surface area (Å²) in [5, 5.41) is 10.5. The fourth-order valence-corrected chi connectivity index (χ4v) is 1.92. The van der Waals surface area contributed by atoms with E-state index in [2.05, 4.69) is 27.3 Å². The second kappa shape index (κ2) is 4.67. The molecule has 1 aromatic rings. The standard InChI is InChI=1S/C11H17N5O/c1-7-5-16(6-8(7)12)10-4-3-9(14-15-10)11(17)13-2/h3-4,7-8H,5-6,12H2,1-2H3,(H,13,17). The minimum Gasteiger partial charge on any atom is -0.354 e. The zero-order valence-electron chi connectivity index (χ0n) is 10.1. The van der Waals surface area contributed by atoms with E-state index in [0.29, 0.717) is 11.6 Å². The Kier molecular flexibility index (Phi) is 3.23. The Morgan fingerprint density at radius 3 is 2.71 bits per heavy atom. The smallest absolute Gasteiger partial charge is 0.271 e. The Morgan fingerprint density at radius 1 is 1.47 bits per heavy atom. The molecule has 17 heavy (non-hydrogen) atoms. The fraction of sp³-hybridized carbons (Fsp3) is 0.545. The quantitative estimate of drug-likeness (QED) is 0.730. The van der Waals surface area contributed by atoms with E-state index >= 15 is 0 Å². The highest BCUT2D eigenvalue weighted by molar-refractivity contribution is 5.91. The number of carbonyl (C=O) groups excluding carboxylic acids is 1. The molecule has 2 unspecified atom stereocenters. The Morgan fingerprint density at radius 2 is 2.24 bits per heavy atom. The third-order valence-corrected chi connectivity index (χ3v) is 3.10. The molecule has 2 atom stereocenters. The third kappa shape index (κ3) is 2.36. The van der Waals surface area contributed by atoms with Crippen LogP contribution >= 0.6 is 0 Å².